The first-order chi connectivity index (χ1) is 9.81. The lowest BCUT2D eigenvalue weighted by atomic mass is 10.1. The number of benzene rings is 1. The molecule has 0 aliphatic rings. The first kappa shape index (κ1) is 15.7. The zero-order valence-electron chi connectivity index (χ0n) is 12.7. The summed E-state index contributed by atoms with van der Waals surface area (Å²) in [6, 6.07) is 5.13. The zero-order chi connectivity index (χ0) is 15.6. The number of hydrogen-bond donors (Lipinski definition) is 1. The first-order valence-electron chi connectivity index (χ1n) is 6.80. The summed E-state index contributed by atoms with van der Waals surface area (Å²) in [5.41, 5.74) is 3.80. The predicted molar refractivity (Wildman–Crippen MR) is 80.8 cm³/mol. The summed E-state index contributed by atoms with van der Waals surface area (Å²) in [5.74, 6) is 0.734. The Labute approximate surface area is 125 Å². The van der Waals surface area contributed by atoms with Crippen LogP contribution in [0.15, 0.2) is 27.6 Å². The van der Waals surface area contributed by atoms with Crippen LogP contribution in [0.25, 0.3) is 0 Å². The Balaban J connectivity index is 2.06. The van der Waals surface area contributed by atoms with Gasteiger partial charge in [0, 0.05) is 12.1 Å². The van der Waals surface area contributed by atoms with E-state index in [2.05, 4.69) is 9.88 Å². The van der Waals surface area contributed by atoms with Crippen molar-refractivity contribution < 1.29 is 12.9 Å². The van der Waals surface area contributed by atoms with Gasteiger partial charge >= 0.3 is 0 Å². The lowest BCUT2D eigenvalue weighted by Gasteiger charge is -2.08. The molecule has 1 aromatic heterocycles. The van der Waals surface area contributed by atoms with Crippen molar-refractivity contribution in [2.24, 2.45) is 0 Å². The Morgan fingerprint density at radius 3 is 2.43 bits per heavy atom. The van der Waals surface area contributed by atoms with Crippen molar-refractivity contribution >= 4 is 10.0 Å². The predicted octanol–water partition coefficient (Wildman–Crippen LogP) is 2.43. The number of sulfonamides is 1. The summed E-state index contributed by atoms with van der Waals surface area (Å²) < 4.78 is 32.2. The molecule has 6 heteroatoms. The molecule has 0 bridgehead atoms. The van der Waals surface area contributed by atoms with Gasteiger partial charge in [0.05, 0.1) is 10.6 Å². The minimum atomic E-state index is -3.48. The fourth-order valence-corrected chi connectivity index (χ4v) is 3.25. The molecule has 5 nitrogen and oxygen atoms in total. The summed E-state index contributed by atoms with van der Waals surface area (Å²) in [6.07, 6.45) is 0.561. The van der Waals surface area contributed by atoms with Crippen molar-refractivity contribution in [1.29, 1.82) is 0 Å². The second-order valence-electron chi connectivity index (χ2n) is 5.20. The van der Waals surface area contributed by atoms with Gasteiger partial charge in [-0.1, -0.05) is 11.2 Å². The van der Waals surface area contributed by atoms with Crippen molar-refractivity contribution in [3.8, 4) is 0 Å². The average molecular weight is 308 g/mol. The zero-order valence-corrected chi connectivity index (χ0v) is 13.5. The van der Waals surface area contributed by atoms with Crippen LogP contribution in [0.4, 0.5) is 0 Å². The monoisotopic (exact) mass is 308 g/mol. The molecule has 0 aliphatic heterocycles. The lowest BCUT2D eigenvalue weighted by molar-refractivity contribution is 0.392. The molecule has 0 spiro atoms. The quantitative estimate of drug-likeness (QED) is 0.921. The number of rotatable bonds is 5. The van der Waals surface area contributed by atoms with E-state index in [-0.39, 0.29) is 0 Å². The standard InChI is InChI=1S/C15H20N2O3S/c1-10-5-6-14(9-11(10)2)21(18,19)16-8-7-15-12(3)17-20-13(15)4/h5-6,9,16H,7-8H2,1-4H3. The van der Waals surface area contributed by atoms with E-state index in [0.717, 1.165) is 28.1 Å². The highest BCUT2D eigenvalue weighted by Crippen LogP contribution is 2.15. The summed E-state index contributed by atoms with van der Waals surface area (Å²) in [4.78, 5) is 0.296. The Bertz CT molecular complexity index is 729. The molecule has 0 saturated heterocycles. The molecule has 21 heavy (non-hydrogen) atoms. The molecule has 0 aliphatic carbocycles. The molecule has 0 amide bonds. The van der Waals surface area contributed by atoms with Crippen LogP contribution in [0.1, 0.15) is 28.1 Å². The molecule has 0 saturated carbocycles. The maximum absolute atomic E-state index is 12.2. The molecule has 1 aromatic carbocycles. The molecular formula is C15H20N2O3S. The van der Waals surface area contributed by atoms with E-state index in [1.807, 2.05) is 33.8 Å². The van der Waals surface area contributed by atoms with Gasteiger partial charge in [0.2, 0.25) is 10.0 Å². The van der Waals surface area contributed by atoms with Crippen LogP contribution >= 0.6 is 0 Å². The SMILES string of the molecule is Cc1ccc(S(=O)(=O)NCCc2c(C)noc2C)cc1C. The third-order valence-electron chi connectivity index (χ3n) is 3.64. The minimum Gasteiger partial charge on any atom is -0.361 e. The molecule has 0 unspecified atom stereocenters. The van der Waals surface area contributed by atoms with Crippen LogP contribution in [0.2, 0.25) is 0 Å². The van der Waals surface area contributed by atoms with Crippen molar-refractivity contribution in [3.05, 3.63) is 46.3 Å². The third-order valence-corrected chi connectivity index (χ3v) is 5.10. The molecule has 0 fully saturated rings. The van der Waals surface area contributed by atoms with Gasteiger partial charge in [-0.3, -0.25) is 0 Å². The molecule has 1 N–H and O–H groups in total. The Kier molecular flexibility index (Phi) is 4.49. The average Bonchev–Trinajstić information content (AvgIpc) is 2.73. The second kappa shape index (κ2) is 5.99. The van der Waals surface area contributed by atoms with Gasteiger partial charge in [-0.25, -0.2) is 13.1 Å². The van der Waals surface area contributed by atoms with Crippen molar-refractivity contribution in [2.75, 3.05) is 6.54 Å². The Morgan fingerprint density at radius 2 is 1.86 bits per heavy atom. The van der Waals surface area contributed by atoms with Crippen LogP contribution in [-0.2, 0) is 16.4 Å². The Morgan fingerprint density at radius 1 is 1.14 bits per heavy atom. The topological polar surface area (TPSA) is 72.2 Å². The number of nitrogens with zero attached hydrogens (tertiary/aromatic N) is 1. The van der Waals surface area contributed by atoms with Gasteiger partial charge in [0.25, 0.3) is 0 Å². The number of hydrogen-bond acceptors (Lipinski definition) is 4. The van der Waals surface area contributed by atoms with Gasteiger partial charge in [-0.15, -0.1) is 0 Å². The van der Waals surface area contributed by atoms with E-state index in [0.29, 0.717) is 17.9 Å². The van der Waals surface area contributed by atoms with Crippen LogP contribution in [0.5, 0.6) is 0 Å². The summed E-state index contributed by atoms with van der Waals surface area (Å²) in [5, 5.41) is 3.86. The molecule has 0 radical (unpaired) electrons. The summed E-state index contributed by atoms with van der Waals surface area (Å²) in [7, 11) is -3.48. The van der Waals surface area contributed by atoms with Gasteiger partial charge < -0.3 is 4.52 Å². The largest absolute Gasteiger partial charge is 0.361 e. The highest BCUT2D eigenvalue weighted by atomic mass is 32.2. The van der Waals surface area contributed by atoms with Gasteiger partial charge in [-0.05, 0) is 57.4 Å². The lowest BCUT2D eigenvalue weighted by Crippen LogP contribution is -2.26. The van der Waals surface area contributed by atoms with E-state index < -0.39 is 10.0 Å². The maximum atomic E-state index is 12.2. The van der Waals surface area contributed by atoms with E-state index in [9.17, 15) is 8.42 Å². The van der Waals surface area contributed by atoms with Crippen molar-refractivity contribution in [3.63, 3.8) is 0 Å². The molecule has 2 rings (SSSR count). The molecular weight excluding hydrogens is 288 g/mol. The van der Waals surface area contributed by atoms with Crippen LogP contribution in [-0.4, -0.2) is 20.1 Å². The number of aryl methyl sites for hydroxylation is 4. The maximum Gasteiger partial charge on any atom is 0.240 e. The fourth-order valence-electron chi connectivity index (χ4n) is 2.13. The van der Waals surface area contributed by atoms with Crippen molar-refractivity contribution in [1.82, 2.24) is 9.88 Å². The third kappa shape index (κ3) is 3.51. The summed E-state index contributed by atoms with van der Waals surface area (Å²) >= 11 is 0. The second-order valence-corrected chi connectivity index (χ2v) is 6.96. The van der Waals surface area contributed by atoms with Gasteiger partial charge in [-0.2, -0.15) is 0 Å². The smallest absolute Gasteiger partial charge is 0.240 e. The number of aromatic nitrogens is 1. The van der Waals surface area contributed by atoms with E-state index in [1.165, 1.54) is 0 Å². The van der Waals surface area contributed by atoms with Crippen LogP contribution < -0.4 is 4.72 Å². The van der Waals surface area contributed by atoms with Crippen molar-refractivity contribution in [2.45, 2.75) is 39.0 Å². The van der Waals surface area contributed by atoms with Crippen LogP contribution in [0.3, 0.4) is 0 Å². The summed E-state index contributed by atoms with van der Waals surface area (Å²) in [6.45, 7) is 7.85. The van der Waals surface area contributed by atoms with E-state index >= 15 is 0 Å². The Hall–Kier alpha value is -1.66. The molecule has 1 heterocycles. The minimum absolute atomic E-state index is 0.296. The highest BCUT2D eigenvalue weighted by Gasteiger charge is 2.15. The number of nitrogens with one attached hydrogen (secondary N) is 1. The van der Waals surface area contributed by atoms with E-state index in [4.69, 9.17) is 4.52 Å². The van der Waals surface area contributed by atoms with Gasteiger partial charge in [0.1, 0.15) is 5.76 Å². The van der Waals surface area contributed by atoms with Crippen LogP contribution in [0, 0.1) is 27.7 Å². The molecule has 0 atom stereocenters. The van der Waals surface area contributed by atoms with Gasteiger partial charge in [0.15, 0.2) is 0 Å². The molecule has 2 aromatic rings. The van der Waals surface area contributed by atoms with E-state index in [1.54, 1.807) is 12.1 Å². The molecule has 114 valence electrons. The first-order valence-corrected chi connectivity index (χ1v) is 8.28. The fraction of sp³-hybridized carbons (Fsp3) is 0.400. The normalized spacial score (nSPS) is 11.8. The highest BCUT2D eigenvalue weighted by molar-refractivity contribution is 7.89.